The highest BCUT2D eigenvalue weighted by Crippen LogP contribution is 2.31. The molecule has 9 heteroatoms. The number of hydrogen-bond donors (Lipinski definition) is 0. The summed E-state index contributed by atoms with van der Waals surface area (Å²) in [6, 6.07) is 65.9. The molecule has 0 atom stereocenters. The highest BCUT2D eigenvalue weighted by molar-refractivity contribution is 6.09. The van der Waals surface area contributed by atoms with Crippen molar-refractivity contribution in [3.8, 4) is 69.0 Å². The fraction of sp³-hybridized carbons (Fsp3) is 0.0656. The fourth-order valence-electron chi connectivity index (χ4n) is 6.79. The zero-order valence-corrected chi connectivity index (χ0v) is 39.0. The first kappa shape index (κ1) is 47.3. The van der Waals surface area contributed by atoms with Gasteiger partial charge in [0.05, 0.1) is 0 Å². The van der Waals surface area contributed by atoms with E-state index in [2.05, 4.69) is 0 Å². The summed E-state index contributed by atoms with van der Waals surface area (Å²) in [5.41, 5.74) is 4.77. The Balaban J connectivity index is 0.000000230. The molecule has 0 bridgehead atoms. The average Bonchev–Trinajstić information content (AvgIpc) is 3.38. The number of Topliss-reactive ketones (excluding diaryl/α,β-unsaturated/α-hetero) is 2. The number of ketones is 3. The van der Waals surface area contributed by atoms with Crippen LogP contribution in [0.1, 0.15) is 61.6 Å². The van der Waals surface area contributed by atoms with E-state index in [1.807, 2.05) is 111 Å². The van der Waals surface area contributed by atoms with E-state index in [9.17, 15) is 14.4 Å². The minimum atomic E-state index is -0.103. The maximum absolute atomic E-state index is 13.1. The second-order valence-electron chi connectivity index (χ2n) is 16.2. The number of ether oxygens (including phenoxy) is 6. The van der Waals surface area contributed by atoms with E-state index in [0.717, 1.165) is 17.2 Å². The van der Waals surface area contributed by atoms with Crippen molar-refractivity contribution in [2.45, 2.75) is 27.7 Å². The van der Waals surface area contributed by atoms with Gasteiger partial charge in [-0.1, -0.05) is 35.4 Å². The molecule has 0 aliphatic carbocycles. The van der Waals surface area contributed by atoms with Crippen LogP contribution in [0.15, 0.2) is 218 Å². The van der Waals surface area contributed by atoms with Gasteiger partial charge in [0.25, 0.3) is 0 Å². The van der Waals surface area contributed by atoms with Crippen LogP contribution in [0.3, 0.4) is 0 Å². The third-order valence-corrected chi connectivity index (χ3v) is 10.7. The molecule has 0 heterocycles. The average molecular weight is 925 g/mol. The standard InChI is InChI=1S/C40H30O6.C21H18O3/c1-27-3-11-32(12-4-27)43-36-19-21-38(22-20-36)45-34-15-7-30(8-16-34)40(42)31-9-17-35(18-10-31)46-39-25-23-37(24-26-39)44-33-13-5-29(6-14-33)28(2)41;1-15-3-7-18(8-4-15)23-20-11-13-21(14-12-20)24-19-9-5-17(6-10-19)16(2)22/h3-26H,1-2H3;3-14H,1-2H3. The molecule has 0 aliphatic rings. The van der Waals surface area contributed by atoms with Gasteiger partial charge in [-0.2, -0.15) is 0 Å². The number of carbonyl (C=O) groups excluding carboxylic acids is 3. The Bertz CT molecular complexity index is 3150. The van der Waals surface area contributed by atoms with Gasteiger partial charge >= 0.3 is 0 Å². The normalized spacial score (nSPS) is 10.5. The smallest absolute Gasteiger partial charge is 0.193 e. The lowest BCUT2D eigenvalue weighted by Crippen LogP contribution is -2.01. The van der Waals surface area contributed by atoms with Crippen LogP contribution in [0.2, 0.25) is 0 Å². The van der Waals surface area contributed by atoms with Crippen LogP contribution >= 0.6 is 0 Å². The van der Waals surface area contributed by atoms with Gasteiger partial charge in [-0.05, 0) is 222 Å². The first-order chi connectivity index (χ1) is 34.0. The van der Waals surface area contributed by atoms with Gasteiger partial charge in [0.15, 0.2) is 17.3 Å². The third-order valence-electron chi connectivity index (χ3n) is 10.7. The van der Waals surface area contributed by atoms with Crippen LogP contribution in [0, 0.1) is 13.8 Å². The van der Waals surface area contributed by atoms with Gasteiger partial charge in [-0.25, -0.2) is 0 Å². The van der Waals surface area contributed by atoms with Gasteiger partial charge in [0.1, 0.15) is 69.0 Å². The summed E-state index contributed by atoms with van der Waals surface area (Å²) >= 11 is 0. The largest absolute Gasteiger partial charge is 0.457 e. The first-order valence-electron chi connectivity index (χ1n) is 22.5. The minimum absolute atomic E-state index is 0.00855. The van der Waals surface area contributed by atoms with Crippen molar-refractivity contribution < 1.29 is 42.8 Å². The van der Waals surface area contributed by atoms with E-state index in [0.29, 0.717) is 74.0 Å². The van der Waals surface area contributed by atoms with E-state index in [1.165, 1.54) is 18.1 Å². The highest BCUT2D eigenvalue weighted by Gasteiger charge is 2.11. The Kier molecular flexibility index (Phi) is 15.2. The predicted octanol–water partition coefficient (Wildman–Crippen LogP) is 16.4. The molecule has 0 radical (unpaired) electrons. The SMILES string of the molecule is CC(=O)c1ccc(Oc2ccc(Oc3ccc(C(=O)c4ccc(Oc5ccc(Oc6ccc(C)cc6)cc5)cc4)cc3)cc2)cc1.CC(=O)c1ccc(Oc2ccc(Oc3ccc(C)cc3)cc2)cc1. The van der Waals surface area contributed by atoms with E-state index in [1.54, 1.807) is 128 Å². The van der Waals surface area contributed by atoms with Crippen molar-refractivity contribution in [1.29, 1.82) is 0 Å². The lowest BCUT2D eigenvalue weighted by Gasteiger charge is -2.10. The summed E-state index contributed by atoms with van der Waals surface area (Å²) in [6.07, 6.45) is 0. The molecular formula is C61H48O9. The van der Waals surface area contributed by atoms with Crippen molar-refractivity contribution in [3.63, 3.8) is 0 Å². The maximum Gasteiger partial charge on any atom is 0.193 e. The molecule has 0 saturated carbocycles. The summed E-state index contributed by atoms with van der Waals surface area (Å²) in [6.45, 7) is 7.15. The molecule has 70 heavy (non-hydrogen) atoms. The predicted molar refractivity (Wildman–Crippen MR) is 271 cm³/mol. The van der Waals surface area contributed by atoms with E-state index in [4.69, 9.17) is 28.4 Å². The Morgan fingerprint density at radius 3 is 0.543 bits per heavy atom. The van der Waals surface area contributed by atoms with Gasteiger partial charge in [0, 0.05) is 22.3 Å². The summed E-state index contributed by atoms with van der Waals surface area (Å²) in [7, 11) is 0. The second-order valence-corrected chi connectivity index (χ2v) is 16.2. The van der Waals surface area contributed by atoms with Gasteiger partial charge in [-0.3, -0.25) is 14.4 Å². The Morgan fingerprint density at radius 2 is 0.371 bits per heavy atom. The quantitative estimate of drug-likeness (QED) is 0.0876. The summed E-state index contributed by atoms with van der Waals surface area (Å²) in [5, 5.41) is 0. The highest BCUT2D eigenvalue weighted by atomic mass is 16.5. The van der Waals surface area contributed by atoms with Crippen LogP contribution in [0.4, 0.5) is 0 Å². The molecule has 0 fully saturated rings. The lowest BCUT2D eigenvalue weighted by atomic mass is 10.0. The Hall–Kier alpha value is -9.21. The topological polar surface area (TPSA) is 107 Å². The molecule has 346 valence electrons. The number of benzene rings is 9. The zero-order valence-electron chi connectivity index (χ0n) is 39.0. The summed E-state index contributed by atoms with van der Waals surface area (Å²) in [4.78, 5) is 35.8. The van der Waals surface area contributed by atoms with Crippen LogP contribution in [-0.2, 0) is 0 Å². The Morgan fingerprint density at radius 1 is 0.229 bits per heavy atom. The lowest BCUT2D eigenvalue weighted by molar-refractivity contribution is 0.100. The number of carbonyl (C=O) groups is 3. The molecule has 9 aromatic carbocycles. The van der Waals surface area contributed by atoms with Crippen LogP contribution < -0.4 is 28.4 Å². The number of aryl methyl sites for hydroxylation is 2. The Labute approximate surface area is 407 Å². The molecular weight excluding hydrogens is 877 g/mol. The van der Waals surface area contributed by atoms with Crippen LogP contribution in [0.5, 0.6) is 69.0 Å². The minimum Gasteiger partial charge on any atom is -0.457 e. The van der Waals surface area contributed by atoms with Crippen molar-refractivity contribution in [2.75, 3.05) is 0 Å². The molecule has 9 aromatic rings. The van der Waals surface area contributed by atoms with Crippen molar-refractivity contribution in [2.24, 2.45) is 0 Å². The van der Waals surface area contributed by atoms with E-state index >= 15 is 0 Å². The van der Waals surface area contributed by atoms with Crippen molar-refractivity contribution in [3.05, 3.63) is 252 Å². The third kappa shape index (κ3) is 13.5. The molecule has 0 N–H and O–H groups in total. The molecule has 0 aromatic heterocycles. The van der Waals surface area contributed by atoms with Crippen LogP contribution in [0.25, 0.3) is 0 Å². The molecule has 0 aliphatic heterocycles. The van der Waals surface area contributed by atoms with Crippen molar-refractivity contribution >= 4 is 17.3 Å². The molecule has 9 nitrogen and oxygen atoms in total. The molecule has 0 unspecified atom stereocenters. The molecule has 9 rings (SSSR count). The first-order valence-corrected chi connectivity index (χ1v) is 22.5. The number of rotatable bonds is 16. The fourth-order valence-corrected chi connectivity index (χ4v) is 6.79. The van der Waals surface area contributed by atoms with Crippen molar-refractivity contribution in [1.82, 2.24) is 0 Å². The van der Waals surface area contributed by atoms with E-state index < -0.39 is 0 Å². The number of hydrogen-bond acceptors (Lipinski definition) is 9. The van der Waals surface area contributed by atoms with Gasteiger partial charge in [0.2, 0.25) is 0 Å². The van der Waals surface area contributed by atoms with E-state index in [-0.39, 0.29) is 17.3 Å². The molecule has 0 amide bonds. The van der Waals surface area contributed by atoms with Gasteiger partial charge < -0.3 is 28.4 Å². The maximum atomic E-state index is 13.1. The molecule has 0 saturated heterocycles. The monoisotopic (exact) mass is 924 g/mol. The van der Waals surface area contributed by atoms with Gasteiger partial charge in [-0.15, -0.1) is 0 Å². The zero-order chi connectivity index (χ0) is 48.8. The summed E-state index contributed by atoms with van der Waals surface area (Å²) in [5.74, 6) is 8.16. The molecule has 0 spiro atoms. The second kappa shape index (κ2) is 22.5. The van der Waals surface area contributed by atoms with Crippen LogP contribution in [-0.4, -0.2) is 17.3 Å². The summed E-state index contributed by atoms with van der Waals surface area (Å²) < 4.78 is 35.2.